The number of nitrogens with zero attached hydrogens (tertiary/aromatic N) is 2. The van der Waals surface area contributed by atoms with E-state index >= 15 is 0 Å². The summed E-state index contributed by atoms with van der Waals surface area (Å²) in [5.41, 5.74) is 2.93. The van der Waals surface area contributed by atoms with Crippen molar-refractivity contribution in [1.82, 2.24) is 9.88 Å². The van der Waals surface area contributed by atoms with E-state index in [0.29, 0.717) is 13.0 Å². The summed E-state index contributed by atoms with van der Waals surface area (Å²) in [6, 6.07) is 7.67. The summed E-state index contributed by atoms with van der Waals surface area (Å²) in [6.45, 7) is 0.313. The van der Waals surface area contributed by atoms with Gasteiger partial charge in [0.05, 0.1) is 10.6 Å². The Labute approximate surface area is 167 Å². The van der Waals surface area contributed by atoms with Gasteiger partial charge in [-0.05, 0) is 49.6 Å². The van der Waals surface area contributed by atoms with Crippen LogP contribution >= 0.6 is 11.3 Å². The molecule has 2 heterocycles. The summed E-state index contributed by atoms with van der Waals surface area (Å²) in [6.07, 6.45) is 7.66. The number of aryl methyl sites for hydroxylation is 1. The second kappa shape index (κ2) is 8.06. The minimum absolute atomic E-state index is 0.123. The molecule has 0 spiro atoms. The number of likely N-dealkylation sites (tertiary alicyclic amines) is 1. The first-order chi connectivity index (χ1) is 13.6. The van der Waals surface area contributed by atoms with Crippen LogP contribution in [0.1, 0.15) is 42.7 Å². The lowest BCUT2D eigenvalue weighted by Gasteiger charge is -2.13. The SMILES string of the molecule is O=C(CCCN1C(=O)CCC1=O)Nc1ccc(-c2nc3c(s2)C=CCC3)cc1. The Bertz CT molecular complexity index is 930. The molecule has 1 fully saturated rings. The fourth-order valence-corrected chi connectivity index (χ4v) is 4.44. The number of thiazole rings is 1. The van der Waals surface area contributed by atoms with E-state index in [1.165, 1.54) is 9.78 Å². The van der Waals surface area contributed by atoms with Gasteiger partial charge in [0, 0.05) is 37.1 Å². The Hall–Kier alpha value is -2.80. The molecule has 6 nitrogen and oxygen atoms in total. The third-order valence-corrected chi connectivity index (χ3v) is 6.01. The predicted octanol–water partition coefficient (Wildman–Crippen LogP) is 3.64. The summed E-state index contributed by atoms with van der Waals surface area (Å²) in [7, 11) is 0. The summed E-state index contributed by atoms with van der Waals surface area (Å²) < 4.78 is 0. The Morgan fingerprint density at radius 3 is 2.57 bits per heavy atom. The van der Waals surface area contributed by atoms with Gasteiger partial charge in [-0.15, -0.1) is 11.3 Å². The van der Waals surface area contributed by atoms with E-state index in [2.05, 4.69) is 17.5 Å². The molecule has 2 aromatic rings. The molecule has 0 radical (unpaired) electrons. The van der Waals surface area contributed by atoms with Crippen LogP contribution in [0.2, 0.25) is 0 Å². The molecule has 0 bridgehead atoms. The molecule has 0 unspecified atom stereocenters. The molecule has 4 rings (SSSR count). The molecular weight excluding hydrogens is 374 g/mol. The minimum atomic E-state index is -0.139. The first kappa shape index (κ1) is 18.6. The van der Waals surface area contributed by atoms with Crippen LogP contribution in [0.5, 0.6) is 0 Å². The summed E-state index contributed by atoms with van der Waals surface area (Å²) >= 11 is 1.69. The topological polar surface area (TPSA) is 79.4 Å². The zero-order valence-electron chi connectivity index (χ0n) is 15.4. The van der Waals surface area contributed by atoms with E-state index in [1.54, 1.807) is 11.3 Å². The number of imide groups is 1. The molecule has 2 aliphatic rings. The molecule has 1 aliphatic carbocycles. The molecule has 144 valence electrons. The molecule has 0 atom stereocenters. The number of hydrogen-bond donors (Lipinski definition) is 1. The fraction of sp³-hybridized carbons (Fsp3) is 0.333. The monoisotopic (exact) mass is 395 g/mol. The standard InChI is InChI=1S/C21H21N3O3S/c25-18(6-3-13-24-19(26)11-12-20(24)27)22-15-9-7-14(8-10-15)21-23-16-4-1-2-5-17(16)28-21/h2,5,7-10H,1,3-4,6,11-13H2,(H,22,25). The van der Waals surface area contributed by atoms with Crippen molar-refractivity contribution in [2.75, 3.05) is 11.9 Å². The molecule has 28 heavy (non-hydrogen) atoms. The third kappa shape index (κ3) is 4.04. The van der Waals surface area contributed by atoms with Crippen LogP contribution < -0.4 is 5.32 Å². The largest absolute Gasteiger partial charge is 0.326 e. The summed E-state index contributed by atoms with van der Waals surface area (Å²) in [4.78, 5) is 42.4. The van der Waals surface area contributed by atoms with Crippen molar-refractivity contribution < 1.29 is 14.4 Å². The van der Waals surface area contributed by atoms with E-state index in [1.807, 2.05) is 24.3 Å². The highest BCUT2D eigenvalue weighted by Crippen LogP contribution is 2.32. The number of carbonyl (C=O) groups excluding carboxylic acids is 3. The quantitative estimate of drug-likeness (QED) is 0.758. The van der Waals surface area contributed by atoms with E-state index in [4.69, 9.17) is 4.98 Å². The van der Waals surface area contributed by atoms with Crippen molar-refractivity contribution in [3.63, 3.8) is 0 Å². The van der Waals surface area contributed by atoms with E-state index in [-0.39, 0.29) is 37.0 Å². The molecule has 1 saturated heterocycles. The Morgan fingerprint density at radius 2 is 1.86 bits per heavy atom. The van der Waals surface area contributed by atoms with Crippen molar-refractivity contribution in [3.05, 3.63) is 40.9 Å². The van der Waals surface area contributed by atoms with Crippen molar-refractivity contribution in [2.45, 2.75) is 38.5 Å². The number of amides is 3. The van der Waals surface area contributed by atoms with Crippen LogP contribution in [0.25, 0.3) is 16.6 Å². The van der Waals surface area contributed by atoms with Crippen molar-refractivity contribution in [2.24, 2.45) is 0 Å². The van der Waals surface area contributed by atoms with Gasteiger partial charge in [0.2, 0.25) is 17.7 Å². The van der Waals surface area contributed by atoms with Gasteiger partial charge in [0.1, 0.15) is 5.01 Å². The molecule has 7 heteroatoms. The van der Waals surface area contributed by atoms with Crippen LogP contribution in [0.3, 0.4) is 0 Å². The van der Waals surface area contributed by atoms with Crippen LogP contribution in [0, 0.1) is 0 Å². The van der Waals surface area contributed by atoms with E-state index in [0.717, 1.165) is 34.8 Å². The number of nitrogens with one attached hydrogen (secondary N) is 1. The number of anilines is 1. The molecule has 1 aromatic heterocycles. The van der Waals surface area contributed by atoms with Gasteiger partial charge >= 0.3 is 0 Å². The van der Waals surface area contributed by atoms with Crippen molar-refractivity contribution in [1.29, 1.82) is 0 Å². The molecule has 3 amide bonds. The normalized spacial score (nSPS) is 15.8. The van der Waals surface area contributed by atoms with Gasteiger partial charge < -0.3 is 5.32 Å². The maximum Gasteiger partial charge on any atom is 0.229 e. The smallest absolute Gasteiger partial charge is 0.229 e. The van der Waals surface area contributed by atoms with Gasteiger partial charge in [-0.1, -0.05) is 6.08 Å². The molecule has 1 aliphatic heterocycles. The average molecular weight is 395 g/mol. The number of hydrogen-bond acceptors (Lipinski definition) is 5. The Balaban J connectivity index is 1.30. The minimum Gasteiger partial charge on any atom is -0.326 e. The lowest BCUT2D eigenvalue weighted by atomic mass is 10.1. The average Bonchev–Trinajstić information content (AvgIpc) is 3.27. The lowest BCUT2D eigenvalue weighted by molar-refractivity contribution is -0.138. The maximum absolute atomic E-state index is 12.1. The zero-order chi connectivity index (χ0) is 19.5. The van der Waals surface area contributed by atoms with E-state index in [9.17, 15) is 14.4 Å². The van der Waals surface area contributed by atoms with Crippen molar-refractivity contribution in [3.8, 4) is 10.6 Å². The van der Waals surface area contributed by atoms with Gasteiger partial charge in [-0.3, -0.25) is 19.3 Å². The van der Waals surface area contributed by atoms with Crippen LogP contribution in [0.4, 0.5) is 5.69 Å². The highest BCUT2D eigenvalue weighted by molar-refractivity contribution is 7.16. The highest BCUT2D eigenvalue weighted by Gasteiger charge is 2.28. The molecular formula is C21H21N3O3S. The predicted molar refractivity (Wildman–Crippen MR) is 109 cm³/mol. The van der Waals surface area contributed by atoms with Gasteiger partial charge in [-0.2, -0.15) is 0 Å². The molecule has 1 aromatic carbocycles. The number of rotatable bonds is 6. The fourth-order valence-electron chi connectivity index (χ4n) is 3.40. The zero-order valence-corrected chi connectivity index (χ0v) is 16.3. The number of carbonyl (C=O) groups is 3. The molecule has 0 saturated carbocycles. The Morgan fingerprint density at radius 1 is 1.11 bits per heavy atom. The van der Waals surface area contributed by atoms with Crippen LogP contribution in [-0.2, 0) is 20.8 Å². The second-order valence-corrected chi connectivity index (χ2v) is 7.97. The maximum atomic E-state index is 12.1. The van der Waals surface area contributed by atoms with Gasteiger partial charge in [0.25, 0.3) is 0 Å². The third-order valence-electron chi connectivity index (χ3n) is 4.90. The summed E-state index contributed by atoms with van der Waals surface area (Å²) in [5.74, 6) is -0.401. The highest BCUT2D eigenvalue weighted by atomic mass is 32.1. The number of benzene rings is 1. The van der Waals surface area contributed by atoms with E-state index < -0.39 is 0 Å². The number of aromatic nitrogens is 1. The van der Waals surface area contributed by atoms with Gasteiger partial charge in [-0.25, -0.2) is 4.98 Å². The van der Waals surface area contributed by atoms with Crippen LogP contribution in [0.15, 0.2) is 30.3 Å². The summed E-state index contributed by atoms with van der Waals surface area (Å²) in [5, 5.41) is 3.86. The van der Waals surface area contributed by atoms with Crippen molar-refractivity contribution >= 4 is 40.8 Å². The van der Waals surface area contributed by atoms with Gasteiger partial charge in [0.15, 0.2) is 0 Å². The first-order valence-corrected chi connectivity index (χ1v) is 10.3. The molecule has 1 N–H and O–H groups in total. The Kier molecular flexibility index (Phi) is 5.34. The number of allylic oxidation sites excluding steroid dienone is 1. The lowest BCUT2D eigenvalue weighted by Crippen LogP contribution is -2.30. The van der Waals surface area contributed by atoms with Crippen LogP contribution in [-0.4, -0.2) is 34.2 Å². The second-order valence-electron chi connectivity index (χ2n) is 6.94. The number of fused-ring (bicyclic) bond motifs is 1. The first-order valence-electron chi connectivity index (χ1n) is 9.50.